The number of hydrogen-bond donors (Lipinski definition) is 3. The maximum Gasteiger partial charge on any atom is 0.342 e. The maximum atomic E-state index is 12.5. The van der Waals surface area contributed by atoms with Crippen molar-refractivity contribution in [2.75, 3.05) is 13.7 Å². The summed E-state index contributed by atoms with van der Waals surface area (Å²) in [6, 6.07) is 1.49. The molecule has 3 rings (SSSR count). The summed E-state index contributed by atoms with van der Waals surface area (Å²) in [6.45, 7) is -0.680. The smallest absolute Gasteiger partial charge is 0.342 e. The molecule has 130 valence electrons. The Hall–Kier alpha value is -0.970. The average Bonchev–Trinajstić information content (AvgIpc) is 2.57. The molecule has 0 amide bonds. The van der Waals surface area contributed by atoms with Crippen LogP contribution in [0, 0.1) is 0 Å². The summed E-state index contributed by atoms with van der Waals surface area (Å²) in [5, 5.41) is 29.7. The van der Waals surface area contributed by atoms with Crippen molar-refractivity contribution in [3.63, 3.8) is 0 Å². The summed E-state index contributed by atoms with van der Waals surface area (Å²) in [6.07, 6.45) is 1.00. The number of hydrogen-bond acceptors (Lipinski definition) is 7. The zero-order chi connectivity index (χ0) is 17.7. The normalized spacial score (nSPS) is 28.4. The number of ether oxygens (including phenoxy) is 3. The van der Waals surface area contributed by atoms with E-state index in [4.69, 9.17) is 14.2 Å². The number of fused-ring (bicyclic) bond motifs is 2. The zero-order valence-electron chi connectivity index (χ0n) is 12.5. The van der Waals surface area contributed by atoms with Crippen molar-refractivity contribution in [2.24, 2.45) is 0 Å². The molecule has 0 saturated carbocycles. The van der Waals surface area contributed by atoms with Gasteiger partial charge in [-0.1, -0.05) is 0 Å². The molecule has 7 nitrogen and oxygen atoms in total. The molecule has 2 aliphatic rings. The van der Waals surface area contributed by atoms with Gasteiger partial charge in [-0.25, -0.2) is 0 Å². The summed E-state index contributed by atoms with van der Waals surface area (Å²) in [5.74, 6) is -4.64. The highest BCUT2D eigenvalue weighted by atomic mass is 79.9. The largest absolute Gasteiger partial charge is 0.449 e. The summed E-state index contributed by atoms with van der Waals surface area (Å²) >= 11 is 6.64. The Morgan fingerprint density at radius 2 is 1.96 bits per heavy atom. The molecule has 0 aromatic heterocycles. The SMILES string of the molecule is CO[C@@]12Oc3cc(CO)c(Br)c(Br)c3O[C@@]1(O)CC(CO)=CC2=O. The van der Waals surface area contributed by atoms with Crippen LogP contribution in [0.2, 0.25) is 0 Å². The molecule has 3 N–H and O–H groups in total. The van der Waals surface area contributed by atoms with E-state index in [1.54, 1.807) is 0 Å². The van der Waals surface area contributed by atoms with Crippen molar-refractivity contribution in [2.45, 2.75) is 24.6 Å². The van der Waals surface area contributed by atoms with Crippen LogP contribution in [0.4, 0.5) is 0 Å². The van der Waals surface area contributed by atoms with E-state index in [-0.39, 0.29) is 24.5 Å². The third-order valence-electron chi connectivity index (χ3n) is 4.03. The Morgan fingerprint density at radius 1 is 1.25 bits per heavy atom. The van der Waals surface area contributed by atoms with Crippen molar-refractivity contribution in [1.82, 2.24) is 0 Å². The Morgan fingerprint density at radius 3 is 2.54 bits per heavy atom. The quantitative estimate of drug-likeness (QED) is 0.619. The van der Waals surface area contributed by atoms with Gasteiger partial charge in [0, 0.05) is 18.0 Å². The number of carbonyl (C=O) groups excluding carboxylic acids is 1. The first kappa shape index (κ1) is 17.8. The van der Waals surface area contributed by atoms with E-state index in [1.165, 1.54) is 19.3 Å². The number of ketones is 1. The van der Waals surface area contributed by atoms with Gasteiger partial charge in [0.2, 0.25) is 5.78 Å². The van der Waals surface area contributed by atoms with Crippen LogP contribution < -0.4 is 9.47 Å². The molecular formula is C15H14Br2O7. The number of halogens is 2. The minimum absolute atomic E-state index is 0.134. The molecule has 1 aromatic rings. The molecule has 0 saturated heterocycles. The van der Waals surface area contributed by atoms with Crippen LogP contribution in [0.1, 0.15) is 12.0 Å². The van der Waals surface area contributed by atoms with Crippen LogP contribution in [0.15, 0.2) is 26.7 Å². The van der Waals surface area contributed by atoms with Crippen LogP contribution in [0.3, 0.4) is 0 Å². The summed E-state index contributed by atoms with van der Waals surface area (Å²) < 4.78 is 17.6. The first-order valence-electron chi connectivity index (χ1n) is 6.94. The molecule has 24 heavy (non-hydrogen) atoms. The van der Waals surface area contributed by atoms with Crippen molar-refractivity contribution in [3.05, 3.63) is 32.2 Å². The van der Waals surface area contributed by atoms with Gasteiger partial charge in [0.1, 0.15) is 0 Å². The lowest BCUT2D eigenvalue weighted by Gasteiger charge is -2.48. The Bertz CT molecular complexity index is 748. The summed E-state index contributed by atoms with van der Waals surface area (Å²) in [7, 11) is 1.22. The molecule has 9 heteroatoms. The Balaban J connectivity index is 2.20. The molecule has 1 aliphatic carbocycles. The Labute approximate surface area is 154 Å². The van der Waals surface area contributed by atoms with E-state index >= 15 is 0 Å². The van der Waals surface area contributed by atoms with Gasteiger partial charge >= 0.3 is 5.79 Å². The average molecular weight is 466 g/mol. The van der Waals surface area contributed by atoms with Gasteiger partial charge in [-0.3, -0.25) is 4.79 Å². The first-order chi connectivity index (χ1) is 11.3. The minimum atomic E-state index is -2.15. The standard InChI is InChI=1S/C15H14Br2O7/c1-22-15-10(20)2-7(5-18)4-14(15,21)24-13-9(23-15)3-8(6-19)11(16)12(13)17/h2-3,18-19,21H,4-6H2,1H3/t14-,15-/m0/s1. The molecule has 0 spiro atoms. The lowest BCUT2D eigenvalue weighted by Crippen LogP contribution is -2.70. The fraction of sp³-hybridized carbons (Fsp3) is 0.400. The van der Waals surface area contributed by atoms with Gasteiger partial charge in [0.15, 0.2) is 11.5 Å². The van der Waals surface area contributed by atoms with Crippen LogP contribution in [0.25, 0.3) is 0 Å². The number of methoxy groups -OCH3 is 1. The van der Waals surface area contributed by atoms with Gasteiger partial charge in [0.25, 0.3) is 5.79 Å². The lowest BCUT2D eigenvalue weighted by atomic mass is 9.85. The number of aliphatic hydroxyl groups is 3. The second-order valence-electron chi connectivity index (χ2n) is 5.46. The van der Waals surface area contributed by atoms with Gasteiger partial charge in [0.05, 0.1) is 17.7 Å². The van der Waals surface area contributed by atoms with E-state index in [9.17, 15) is 20.1 Å². The predicted octanol–water partition coefficient (Wildman–Crippen LogP) is 1.40. The second-order valence-corrected chi connectivity index (χ2v) is 7.05. The van der Waals surface area contributed by atoms with E-state index in [1.807, 2.05) is 0 Å². The van der Waals surface area contributed by atoms with E-state index < -0.39 is 24.0 Å². The summed E-state index contributed by atoms with van der Waals surface area (Å²) in [5.41, 5.74) is 0.792. The van der Waals surface area contributed by atoms with Crippen LogP contribution in [0.5, 0.6) is 11.5 Å². The first-order valence-corrected chi connectivity index (χ1v) is 8.52. The number of rotatable bonds is 3. The van der Waals surface area contributed by atoms with Gasteiger partial charge in [-0.05, 0) is 55.1 Å². The topological polar surface area (TPSA) is 105 Å². The monoisotopic (exact) mass is 464 g/mol. The van der Waals surface area contributed by atoms with Crippen LogP contribution in [-0.4, -0.2) is 46.4 Å². The highest BCUT2D eigenvalue weighted by Gasteiger charge is 2.66. The molecule has 1 heterocycles. The predicted molar refractivity (Wildman–Crippen MR) is 88.5 cm³/mol. The molecule has 1 aliphatic heterocycles. The van der Waals surface area contributed by atoms with Gasteiger partial charge < -0.3 is 29.5 Å². The molecule has 0 fully saturated rings. The lowest BCUT2D eigenvalue weighted by molar-refractivity contribution is -0.333. The van der Waals surface area contributed by atoms with Crippen molar-refractivity contribution < 1.29 is 34.3 Å². The molecule has 1 aromatic carbocycles. The molecular weight excluding hydrogens is 452 g/mol. The van der Waals surface area contributed by atoms with Crippen LogP contribution >= 0.6 is 31.9 Å². The number of carbonyl (C=O) groups is 1. The third kappa shape index (κ3) is 2.34. The van der Waals surface area contributed by atoms with Crippen molar-refractivity contribution in [1.29, 1.82) is 0 Å². The van der Waals surface area contributed by atoms with Crippen molar-refractivity contribution >= 4 is 37.6 Å². The third-order valence-corrected chi connectivity index (χ3v) is 6.22. The van der Waals surface area contributed by atoms with Gasteiger partial charge in [-0.2, -0.15) is 0 Å². The highest BCUT2D eigenvalue weighted by molar-refractivity contribution is 9.13. The molecule has 0 bridgehead atoms. The fourth-order valence-corrected chi connectivity index (χ4v) is 3.78. The van der Waals surface area contributed by atoms with Crippen LogP contribution in [-0.2, 0) is 16.1 Å². The van der Waals surface area contributed by atoms with E-state index in [0.717, 1.165) is 0 Å². The van der Waals surface area contributed by atoms with Gasteiger partial charge in [-0.15, -0.1) is 0 Å². The second kappa shape index (κ2) is 6.08. The Kier molecular flexibility index (Phi) is 4.52. The molecule has 2 atom stereocenters. The van der Waals surface area contributed by atoms with E-state index in [2.05, 4.69) is 31.9 Å². The van der Waals surface area contributed by atoms with E-state index in [0.29, 0.717) is 20.1 Å². The highest BCUT2D eigenvalue weighted by Crippen LogP contribution is 2.52. The summed E-state index contributed by atoms with van der Waals surface area (Å²) in [4.78, 5) is 12.5. The fourth-order valence-electron chi connectivity index (χ4n) is 2.83. The number of aliphatic hydroxyl groups excluding tert-OH is 2. The minimum Gasteiger partial charge on any atom is -0.449 e. The van der Waals surface area contributed by atoms with Crippen molar-refractivity contribution in [3.8, 4) is 11.5 Å². The number of benzene rings is 1. The molecule has 0 unspecified atom stereocenters. The maximum absolute atomic E-state index is 12.5. The zero-order valence-corrected chi connectivity index (χ0v) is 15.7. The molecule has 0 radical (unpaired) electrons.